The van der Waals surface area contributed by atoms with Gasteiger partial charge in [-0.1, -0.05) is 42.5 Å². The summed E-state index contributed by atoms with van der Waals surface area (Å²) >= 11 is 0. The van der Waals surface area contributed by atoms with Gasteiger partial charge in [-0.25, -0.2) is 4.79 Å². The Morgan fingerprint density at radius 2 is 2.00 bits per heavy atom. The molecule has 2 atom stereocenters. The van der Waals surface area contributed by atoms with Crippen molar-refractivity contribution in [2.75, 3.05) is 7.05 Å². The molecule has 1 aromatic heterocycles. The predicted molar refractivity (Wildman–Crippen MR) is 105 cm³/mol. The maximum Gasteiger partial charge on any atom is 0.334 e. The van der Waals surface area contributed by atoms with Gasteiger partial charge in [0, 0.05) is 34.8 Å². The van der Waals surface area contributed by atoms with Crippen molar-refractivity contribution in [2.24, 2.45) is 0 Å². The Hall–Kier alpha value is -2.85. The summed E-state index contributed by atoms with van der Waals surface area (Å²) in [4.78, 5) is 18.1. The number of fused-ring (bicyclic) bond motifs is 1. The van der Waals surface area contributed by atoms with Gasteiger partial charge in [0.1, 0.15) is 0 Å². The van der Waals surface area contributed by atoms with Gasteiger partial charge in [-0.2, -0.15) is 0 Å². The van der Waals surface area contributed by atoms with E-state index in [1.807, 2.05) is 25.1 Å². The third kappa shape index (κ3) is 2.37. The Morgan fingerprint density at radius 3 is 2.74 bits per heavy atom. The zero-order valence-electron chi connectivity index (χ0n) is 15.5. The van der Waals surface area contributed by atoms with Crippen LogP contribution in [0.2, 0.25) is 0 Å². The van der Waals surface area contributed by atoms with E-state index >= 15 is 0 Å². The minimum Gasteiger partial charge on any atom is -0.445 e. The van der Waals surface area contributed by atoms with Crippen LogP contribution in [0, 0.1) is 0 Å². The van der Waals surface area contributed by atoms with Gasteiger partial charge in [-0.05, 0) is 43.7 Å². The lowest BCUT2D eigenvalue weighted by atomic mass is 9.75. The molecular formula is C23H22N2O2. The lowest BCUT2D eigenvalue weighted by molar-refractivity contribution is -0.153. The summed E-state index contributed by atoms with van der Waals surface area (Å²) in [6.07, 6.45) is 4.96. The first kappa shape index (κ1) is 16.3. The largest absolute Gasteiger partial charge is 0.445 e. The van der Waals surface area contributed by atoms with E-state index < -0.39 is 5.60 Å². The molecule has 1 aliphatic carbocycles. The van der Waals surface area contributed by atoms with E-state index in [0.29, 0.717) is 5.57 Å². The van der Waals surface area contributed by atoms with Crippen LogP contribution in [0.3, 0.4) is 0 Å². The van der Waals surface area contributed by atoms with Crippen LogP contribution in [0.1, 0.15) is 23.6 Å². The molecule has 4 nitrogen and oxygen atoms in total. The van der Waals surface area contributed by atoms with E-state index in [2.05, 4.69) is 59.5 Å². The molecule has 0 unspecified atom stereocenters. The standard InChI is InChI=1S/C23H22N2O2/c1-15-12-23(27-22(15)26)18-9-6-10-19-21(18)17(13-24-19)11-20(23)25(2)14-16-7-4-3-5-8-16/h3-10,12-13,20,24H,11,14H2,1-2H3/t20-,23-/m0/s1. The number of carbonyl (C=O) groups excluding carboxylic acids is 1. The molecule has 1 N–H and O–H groups in total. The first-order valence-corrected chi connectivity index (χ1v) is 9.35. The smallest absolute Gasteiger partial charge is 0.334 e. The molecule has 27 heavy (non-hydrogen) atoms. The zero-order valence-corrected chi connectivity index (χ0v) is 15.5. The molecule has 1 aliphatic heterocycles. The van der Waals surface area contributed by atoms with E-state index in [4.69, 9.17) is 4.74 Å². The van der Waals surface area contributed by atoms with Crippen LogP contribution in [0.4, 0.5) is 0 Å². The van der Waals surface area contributed by atoms with Gasteiger partial charge < -0.3 is 9.72 Å². The van der Waals surface area contributed by atoms with Crippen LogP contribution in [-0.2, 0) is 28.1 Å². The second-order valence-corrected chi connectivity index (χ2v) is 7.67. The number of aromatic amines is 1. The minimum absolute atomic E-state index is 0.0352. The summed E-state index contributed by atoms with van der Waals surface area (Å²) in [7, 11) is 2.12. The quantitative estimate of drug-likeness (QED) is 0.722. The van der Waals surface area contributed by atoms with Crippen LogP contribution >= 0.6 is 0 Å². The number of aromatic nitrogens is 1. The zero-order chi connectivity index (χ0) is 18.6. The van der Waals surface area contributed by atoms with Crippen molar-refractivity contribution in [1.29, 1.82) is 0 Å². The van der Waals surface area contributed by atoms with Crippen LogP contribution in [0.25, 0.3) is 10.9 Å². The summed E-state index contributed by atoms with van der Waals surface area (Å²) in [6.45, 7) is 2.64. The number of benzene rings is 2. The number of hydrogen-bond donors (Lipinski definition) is 1. The SMILES string of the molecule is CC1=C[C@]2(OC1=O)c1cccc3[nH]cc(c13)C[C@@H]2N(C)Cc1ccccc1. The fourth-order valence-corrected chi connectivity index (χ4v) is 4.69. The van der Waals surface area contributed by atoms with Crippen molar-refractivity contribution < 1.29 is 9.53 Å². The van der Waals surface area contributed by atoms with Gasteiger partial charge in [0.25, 0.3) is 0 Å². The molecule has 0 amide bonds. The van der Waals surface area contributed by atoms with E-state index in [0.717, 1.165) is 24.0 Å². The van der Waals surface area contributed by atoms with Crippen molar-refractivity contribution in [3.63, 3.8) is 0 Å². The van der Waals surface area contributed by atoms with Crippen molar-refractivity contribution in [3.05, 3.63) is 83.1 Å². The second kappa shape index (κ2) is 5.83. The normalized spacial score (nSPS) is 23.9. The third-order valence-corrected chi connectivity index (χ3v) is 5.94. The topological polar surface area (TPSA) is 45.3 Å². The maximum atomic E-state index is 12.4. The van der Waals surface area contributed by atoms with E-state index in [9.17, 15) is 4.79 Å². The first-order chi connectivity index (χ1) is 13.1. The van der Waals surface area contributed by atoms with Gasteiger partial charge >= 0.3 is 5.97 Å². The number of hydrogen-bond acceptors (Lipinski definition) is 3. The van der Waals surface area contributed by atoms with Gasteiger partial charge in [0.15, 0.2) is 5.60 Å². The number of nitrogens with zero attached hydrogens (tertiary/aromatic N) is 1. The predicted octanol–water partition coefficient (Wildman–Crippen LogP) is 3.92. The van der Waals surface area contributed by atoms with E-state index in [1.54, 1.807) is 0 Å². The van der Waals surface area contributed by atoms with Crippen LogP contribution < -0.4 is 0 Å². The lowest BCUT2D eigenvalue weighted by Crippen LogP contribution is -2.51. The summed E-state index contributed by atoms with van der Waals surface area (Å²) in [6, 6.07) is 16.7. The first-order valence-electron chi connectivity index (χ1n) is 9.35. The number of nitrogens with one attached hydrogen (secondary N) is 1. The van der Waals surface area contributed by atoms with E-state index in [-0.39, 0.29) is 12.0 Å². The summed E-state index contributed by atoms with van der Waals surface area (Å²) in [5, 5.41) is 1.20. The average Bonchev–Trinajstić information content (AvgIpc) is 3.21. The van der Waals surface area contributed by atoms with Gasteiger partial charge in [0.2, 0.25) is 0 Å². The van der Waals surface area contributed by atoms with Crippen molar-refractivity contribution in [2.45, 2.75) is 31.5 Å². The Labute approximate surface area is 158 Å². The van der Waals surface area contributed by atoms with Gasteiger partial charge in [-0.3, -0.25) is 4.90 Å². The molecule has 0 fully saturated rings. The highest BCUT2D eigenvalue weighted by Gasteiger charge is 2.51. The second-order valence-electron chi connectivity index (χ2n) is 7.67. The van der Waals surface area contributed by atoms with Crippen LogP contribution in [0.5, 0.6) is 0 Å². The van der Waals surface area contributed by atoms with E-state index in [1.165, 1.54) is 16.5 Å². The maximum absolute atomic E-state index is 12.4. The molecule has 136 valence electrons. The fraction of sp³-hybridized carbons (Fsp3) is 0.261. The molecule has 2 aliphatic rings. The highest BCUT2D eigenvalue weighted by atomic mass is 16.6. The Bertz CT molecular complexity index is 1070. The molecular weight excluding hydrogens is 336 g/mol. The number of esters is 1. The summed E-state index contributed by atoms with van der Waals surface area (Å²) in [5.74, 6) is -0.218. The molecule has 0 bridgehead atoms. The number of rotatable bonds is 3. The van der Waals surface area contributed by atoms with Gasteiger partial charge in [0.05, 0.1) is 6.04 Å². The van der Waals surface area contributed by atoms with Gasteiger partial charge in [-0.15, -0.1) is 0 Å². The minimum atomic E-state index is -0.737. The van der Waals surface area contributed by atoms with Crippen LogP contribution in [0.15, 0.2) is 66.4 Å². The Morgan fingerprint density at radius 1 is 1.19 bits per heavy atom. The molecule has 5 rings (SSSR count). The van der Waals surface area contributed by atoms with Crippen molar-refractivity contribution >= 4 is 16.9 Å². The summed E-state index contributed by atoms with van der Waals surface area (Å²) < 4.78 is 6.10. The summed E-state index contributed by atoms with van der Waals surface area (Å²) in [5.41, 5.74) is 4.66. The Kier molecular flexibility index (Phi) is 3.52. The van der Waals surface area contributed by atoms with Crippen LogP contribution in [-0.4, -0.2) is 28.9 Å². The third-order valence-electron chi connectivity index (χ3n) is 5.94. The molecule has 2 heterocycles. The average molecular weight is 358 g/mol. The van der Waals surface area contributed by atoms with Crippen molar-refractivity contribution in [1.82, 2.24) is 9.88 Å². The number of H-pyrrole nitrogens is 1. The molecule has 0 saturated carbocycles. The molecule has 4 heteroatoms. The Balaban J connectivity index is 1.64. The fourth-order valence-electron chi connectivity index (χ4n) is 4.69. The molecule has 1 spiro atoms. The number of likely N-dealkylation sites (N-methyl/N-ethyl adjacent to an activating group) is 1. The molecule has 0 radical (unpaired) electrons. The lowest BCUT2D eigenvalue weighted by Gasteiger charge is -2.43. The molecule has 0 saturated heterocycles. The monoisotopic (exact) mass is 358 g/mol. The van der Waals surface area contributed by atoms with Crippen molar-refractivity contribution in [3.8, 4) is 0 Å². The number of ether oxygens (including phenoxy) is 1. The highest BCUT2D eigenvalue weighted by molar-refractivity contribution is 5.95. The molecule has 3 aromatic rings. The molecule has 2 aromatic carbocycles. The number of carbonyl (C=O) groups is 1. The highest BCUT2D eigenvalue weighted by Crippen LogP contribution is 2.48.